The maximum atomic E-state index is 3.83. The van der Waals surface area contributed by atoms with Crippen LogP contribution in [0.5, 0.6) is 0 Å². The summed E-state index contributed by atoms with van der Waals surface area (Å²) in [7, 11) is 0. The Labute approximate surface area is 86.0 Å². The van der Waals surface area contributed by atoms with Gasteiger partial charge < -0.3 is 5.32 Å². The molecule has 1 aliphatic carbocycles. The van der Waals surface area contributed by atoms with Gasteiger partial charge in [-0.2, -0.15) is 11.8 Å². The summed E-state index contributed by atoms with van der Waals surface area (Å²) in [5.74, 6) is 2.22. The fraction of sp³-hybridized carbons (Fsp3) is 1.00. The molecule has 0 aromatic rings. The molecule has 1 saturated carbocycles. The van der Waals surface area contributed by atoms with Gasteiger partial charge >= 0.3 is 0 Å². The normalized spacial score (nSPS) is 43.2. The third-order valence-electron chi connectivity index (χ3n) is 3.74. The molecule has 3 unspecified atom stereocenters. The maximum Gasteiger partial charge on any atom is 0.0302 e. The van der Waals surface area contributed by atoms with Gasteiger partial charge in [0.1, 0.15) is 0 Å². The molecular formula is C11H21NS. The SMILES string of the molecule is CC1CCCC1NC1CSC1(C)C. The highest BCUT2D eigenvalue weighted by molar-refractivity contribution is 8.02. The van der Waals surface area contributed by atoms with Gasteiger partial charge in [0.25, 0.3) is 0 Å². The standard InChI is InChI=1S/C11H21NS/c1-8-5-4-6-9(8)12-10-7-13-11(10,2)3/h8-10,12H,4-7H2,1-3H3. The van der Waals surface area contributed by atoms with Crippen molar-refractivity contribution < 1.29 is 0 Å². The van der Waals surface area contributed by atoms with Crippen molar-refractivity contribution in [3.63, 3.8) is 0 Å². The van der Waals surface area contributed by atoms with Crippen molar-refractivity contribution in [2.75, 3.05) is 5.75 Å². The van der Waals surface area contributed by atoms with Gasteiger partial charge in [0.2, 0.25) is 0 Å². The van der Waals surface area contributed by atoms with Crippen molar-refractivity contribution in [1.29, 1.82) is 0 Å². The average Bonchev–Trinajstić information content (AvgIpc) is 2.45. The van der Waals surface area contributed by atoms with Crippen molar-refractivity contribution in [1.82, 2.24) is 5.32 Å². The first kappa shape index (κ1) is 9.85. The topological polar surface area (TPSA) is 12.0 Å². The van der Waals surface area contributed by atoms with Crippen LogP contribution < -0.4 is 5.32 Å². The average molecular weight is 199 g/mol. The molecule has 0 bridgehead atoms. The Morgan fingerprint density at radius 1 is 1.31 bits per heavy atom. The highest BCUT2D eigenvalue weighted by atomic mass is 32.2. The number of thioether (sulfide) groups is 1. The summed E-state index contributed by atoms with van der Waals surface area (Å²) in [4.78, 5) is 0. The molecule has 76 valence electrons. The first-order valence-corrected chi connectivity index (χ1v) is 6.48. The predicted molar refractivity (Wildman–Crippen MR) is 60.3 cm³/mol. The zero-order valence-corrected chi connectivity index (χ0v) is 9.79. The predicted octanol–water partition coefficient (Wildman–Crippen LogP) is 2.66. The lowest BCUT2D eigenvalue weighted by atomic mass is 9.99. The van der Waals surface area contributed by atoms with Crippen LogP contribution in [0.1, 0.15) is 40.0 Å². The molecule has 2 aliphatic rings. The number of rotatable bonds is 2. The van der Waals surface area contributed by atoms with E-state index in [4.69, 9.17) is 0 Å². The van der Waals surface area contributed by atoms with E-state index in [1.807, 2.05) is 0 Å². The summed E-state index contributed by atoms with van der Waals surface area (Å²) in [6.45, 7) is 7.11. The molecule has 0 radical (unpaired) electrons. The van der Waals surface area contributed by atoms with Gasteiger partial charge in [-0.25, -0.2) is 0 Å². The lowest BCUT2D eigenvalue weighted by molar-refractivity contribution is 0.339. The summed E-state index contributed by atoms with van der Waals surface area (Å²) in [5.41, 5.74) is 0. The molecule has 2 heteroatoms. The summed E-state index contributed by atoms with van der Waals surface area (Å²) >= 11 is 2.09. The van der Waals surface area contributed by atoms with Gasteiger partial charge in [0.05, 0.1) is 0 Å². The molecule has 1 nitrogen and oxygen atoms in total. The fourth-order valence-electron chi connectivity index (χ4n) is 2.40. The molecular weight excluding hydrogens is 178 g/mol. The van der Waals surface area contributed by atoms with E-state index in [1.54, 1.807) is 0 Å². The minimum absolute atomic E-state index is 0.488. The monoisotopic (exact) mass is 199 g/mol. The van der Waals surface area contributed by atoms with Crippen LogP contribution >= 0.6 is 11.8 Å². The van der Waals surface area contributed by atoms with Crippen LogP contribution in [0.15, 0.2) is 0 Å². The van der Waals surface area contributed by atoms with E-state index in [0.29, 0.717) is 4.75 Å². The van der Waals surface area contributed by atoms with Crippen LogP contribution in [0.2, 0.25) is 0 Å². The minimum atomic E-state index is 0.488. The van der Waals surface area contributed by atoms with Crippen LogP contribution in [0, 0.1) is 5.92 Å². The second kappa shape index (κ2) is 3.47. The lowest BCUT2D eigenvalue weighted by Crippen LogP contribution is -2.57. The van der Waals surface area contributed by atoms with Crippen molar-refractivity contribution >= 4 is 11.8 Å². The Bertz CT molecular complexity index is 191. The third kappa shape index (κ3) is 1.89. The fourth-order valence-corrected chi connectivity index (χ4v) is 3.56. The largest absolute Gasteiger partial charge is 0.309 e. The lowest BCUT2D eigenvalue weighted by Gasteiger charge is -2.46. The maximum absolute atomic E-state index is 3.83. The summed E-state index contributed by atoms with van der Waals surface area (Å²) in [6, 6.07) is 1.58. The third-order valence-corrected chi connectivity index (χ3v) is 5.27. The molecule has 0 aromatic heterocycles. The van der Waals surface area contributed by atoms with E-state index >= 15 is 0 Å². The summed E-state index contributed by atoms with van der Waals surface area (Å²) < 4.78 is 0.488. The van der Waals surface area contributed by atoms with E-state index < -0.39 is 0 Å². The van der Waals surface area contributed by atoms with Crippen LogP contribution in [0.3, 0.4) is 0 Å². The van der Waals surface area contributed by atoms with Gasteiger partial charge in [0, 0.05) is 22.6 Å². The van der Waals surface area contributed by atoms with Crippen molar-refractivity contribution in [2.45, 2.75) is 56.9 Å². The van der Waals surface area contributed by atoms with Gasteiger partial charge in [-0.05, 0) is 32.6 Å². The quantitative estimate of drug-likeness (QED) is 0.734. The Balaban J connectivity index is 1.84. The molecule has 0 aromatic carbocycles. The molecule has 2 fully saturated rings. The highest BCUT2D eigenvalue weighted by Gasteiger charge is 2.41. The minimum Gasteiger partial charge on any atom is -0.309 e. The van der Waals surface area contributed by atoms with E-state index in [1.165, 1.54) is 25.0 Å². The molecule has 2 rings (SSSR count). The zero-order chi connectivity index (χ0) is 9.47. The highest BCUT2D eigenvalue weighted by Crippen LogP contribution is 2.41. The smallest absolute Gasteiger partial charge is 0.0302 e. The van der Waals surface area contributed by atoms with Crippen LogP contribution in [0.4, 0.5) is 0 Å². The first-order chi connectivity index (χ1) is 6.09. The van der Waals surface area contributed by atoms with Crippen LogP contribution in [-0.2, 0) is 0 Å². The Morgan fingerprint density at radius 2 is 2.08 bits per heavy atom. The Morgan fingerprint density at radius 3 is 2.46 bits per heavy atom. The molecule has 1 saturated heterocycles. The molecule has 1 heterocycles. The van der Waals surface area contributed by atoms with Crippen molar-refractivity contribution in [3.05, 3.63) is 0 Å². The van der Waals surface area contributed by atoms with E-state index in [0.717, 1.165) is 18.0 Å². The molecule has 1 aliphatic heterocycles. The zero-order valence-electron chi connectivity index (χ0n) is 8.97. The number of hydrogen-bond acceptors (Lipinski definition) is 2. The number of nitrogens with one attached hydrogen (secondary N) is 1. The Kier molecular flexibility index (Phi) is 2.63. The molecule has 13 heavy (non-hydrogen) atoms. The molecule has 0 spiro atoms. The van der Waals surface area contributed by atoms with Gasteiger partial charge in [-0.3, -0.25) is 0 Å². The first-order valence-electron chi connectivity index (χ1n) is 5.49. The number of hydrogen-bond donors (Lipinski definition) is 1. The van der Waals surface area contributed by atoms with Gasteiger partial charge in [-0.15, -0.1) is 0 Å². The van der Waals surface area contributed by atoms with E-state index in [2.05, 4.69) is 37.8 Å². The van der Waals surface area contributed by atoms with Crippen LogP contribution in [0.25, 0.3) is 0 Å². The van der Waals surface area contributed by atoms with Crippen LogP contribution in [-0.4, -0.2) is 22.6 Å². The van der Waals surface area contributed by atoms with E-state index in [-0.39, 0.29) is 0 Å². The van der Waals surface area contributed by atoms with Gasteiger partial charge in [-0.1, -0.05) is 13.3 Å². The second-order valence-corrected chi connectivity index (χ2v) is 6.82. The van der Waals surface area contributed by atoms with Crippen molar-refractivity contribution in [3.8, 4) is 0 Å². The van der Waals surface area contributed by atoms with E-state index in [9.17, 15) is 0 Å². The summed E-state index contributed by atoms with van der Waals surface area (Å²) in [5, 5.41) is 3.83. The summed E-state index contributed by atoms with van der Waals surface area (Å²) in [6.07, 6.45) is 4.26. The molecule has 1 N–H and O–H groups in total. The van der Waals surface area contributed by atoms with Crippen molar-refractivity contribution in [2.24, 2.45) is 5.92 Å². The molecule has 0 amide bonds. The molecule has 3 atom stereocenters. The second-order valence-electron chi connectivity index (χ2n) is 5.15. The Hall–Kier alpha value is 0.310. The van der Waals surface area contributed by atoms with Gasteiger partial charge in [0.15, 0.2) is 0 Å².